The number of benzene rings is 2. The molecular formula is C18H20O2. The highest BCUT2D eigenvalue weighted by Gasteiger charge is 2.27. The van der Waals surface area contributed by atoms with Crippen molar-refractivity contribution in [2.24, 2.45) is 0 Å². The van der Waals surface area contributed by atoms with Crippen molar-refractivity contribution in [3.63, 3.8) is 0 Å². The van der Waals surface area contributed by atoms with Crippen LogP contribution in [0.25, 0.3) is 0 Å². The van der Waals surface area contributed by atoms with Crippen molar-refractivity contribution in [1.29, 1.82) is 0 Å². The lowest BCUT2D eigenvalue weighted by molar-refractivity contribution is 0.237. The molecule has 0 saturated carbocycles. The molecule has 0 aromatic heterocycles. The van der Waals surface area contributed by atoms with E-state index in [-0.39, 0.29) is 6.10 Å². The number of aryl methyl sites for hydroxylation is 3. The maximum atomic E-state index is 6.14. The fourth-order valence-electron chi connectivity index (χ4n) is 3.21. The van der Waals surface area contributed by atoms with Gasteiger partial charge in [0.25, 0.3) is 0 Å². The highest BCUT2D eigenvalue weighted by atomic mass is 16.5. The summed E-state index contributed by atoms with van der Waals surface area (Å²) in [6.45, 7) is 6.48. The lowest BCUT2D eigenvalue weighted by Crippen LogP contribution is -2.08. The maximum Gasteiger partial charge on any atom is 0.128 e. The smallest absolute Gasteiger partial charge is 0.128 e. The first-order chi connectivity index (χ1) is 9.58. The molecule has 1 aliphatic rings. The van der Waals surface area contributed by atoms with Gasteiger partial charge in [-0.15, -0.1) is 0 Å². The van der Waals surface area contributed by atoms with Gasteiger partial charge in [0.15, 0.2) is 0 Å². The van der Waals surface area contributed by atoms with Crippen LogP contribution in [0, 0.1) is 20.8 Å². The van der Waals surface area contributed by atoms with Gasteiger partial charge in [0.2, 0.25) is 0 Å². The van der Waals surface area contributed by atoms with Gasteiger partial charge in [0.1, 0.15) is 17.6 Å². The van der Waals surface area contributed by atoms with Crippen LogP contribution in [-0.2, 0) is 6.42 Å². The average molecular weight is 268 g/mol. The minimum Gasteiger partial charge on any atom is -0.497 e. The molecule has 1 aliphatic heterocycles. The van der Waals surface area contributed by atoms with Crippen LogP contribution in [0.2, 0.25) is 0 Å². The number of fused-ring (bicyclic) bond motifs is 1. The molecule has 0 spiro atoms. The largest absolute Gasteiger partial charge is 0.497 e. The molecule has 2 nitrogen and oxygen atoms in total. The van der Waals surface area contributed by atoms with Crippen LogP contribution in [-0.4, -0.2) is 7.11 Å². The molecule has 1 atom stereocenters. The lowest BCUT2D eigenvalue weighted by Gasteiger charge is -2.17. The molecule has 0 unspecified atom stereocenters. The quantitative estimate of drug-likeness (QED) is 0.808. The lowest BCUT2D eigenvalue weighted by atomic mass is 9.93. The van der Waals surface area contributed by atoms with Gasteiger partial charge in [-0.1, -0.05) is 17.7 Å². The molecule has 0 saturated heterocycles. The van der Waals surface area contributed by atoms with E-state index in [0.717, 1.165) is 17.9 Å². The van der Waals surface area contributed by atoms with Gasteiger partial charge in [-0.25, -0.2) is 0 Å². The van der Waals surface area contributed by atoms with Crippen LogP contribution in [0.3, 0.4) is 0 Å². The van der Waals surface area contributed by atoms with E-state index >= 15 is 0 Å². The normalized spacial score (nSPS) is 16.7. The standard InChI is InChI=1S/C18H20O2/c1-11-7-12(2)18(13(3)8-11)17-10-14-9-15(19-4)5-6-16(14)20-17/h5-9,17H,10H2,1-4H3/t17-/m0/s1. The zero-order chi connectivity index (χ0) is 14.3. The topological polar surface area (TPSA) is 18.5 Å². The van der Waals surface area contributed by atoms with Gasteiger partial charge in [-0.3, -0.25) is 0 Å². The fourth-order valence-corrected chi connectivity index (χ4v) is 3.21. The van der Waals surface area contributed by atoms with Crippen LogP contribution in [0.4, 0.5) is 0 Å². The summed E-state index contributed by atoms with van der Waals surface area (Å²) in [5.41, 5.74) is 6.49. The molecule has 20 heavy (non-hydrogen) atoms. The predicted octanol–water partition coefficient (Wildman–Crippen LogP) is 4.30. The van der Waals surface area contributed by atoms with Crippen molar-refractivity contribution in [3.8, 4) is 11.5 Å². The Morgan fingerprint density at radius 2 is 1.75 bits per heavy atom. The van der Waals surface area contributed by atoms with Crippen molar-refractivity contribution in [2.75, 3.05) is 7.11 Å². The van der Waals surface area contributed by atoms with E-state index in [9.17, 15) is 0 Å². The van der Waals surface area contributed by atoms with E-state index in [4.69, 9.17) is 9.47 Å². The van der Waals surface area contributed by atoms with Crippen LogP contribution in [0.1, 0.15) is 33.9 Å². The monoisotopic (exact) mass is 268 g/mol. The molecule has 2 heteroatoms. The Bertz CT molecular complexity index is 635. The maximum absolute atomic E-state index is 6.14. The molecule has 0 N–H and O–H groups in total. The summed E-state index contributed by atoms with van der Waals surface area (Å²) in [6, 6.07) is 10.5. The van der Waals surface area contributed by atoms with Gasteiger partial charge in [0, 0.05) is 12.0 Å². The summed E-state index contributed by atoms with van der Waals surface area (Å²) in [6.07, 6.45) is 1.04. The molecule has 2 aromatic rings. The van der Waals surface area contributed by atoms with E-state index in [0.29, 0.717) is 0 Å². The average Bonchev–Trinajstić information content (AvgIpc) is 2.79. The van der Waals surface area contributed by atoms with Crippen molar-refractivity contribution < 1.29 is 9.47 Å². The molecule has 104 valence electrons. The third-order valence-corrected chi connectivity index (χ3v) is 4.00. The minimum absolute atomic E-state index is 0.123. The number of ether oxygens (including phenoxy) is 2. The van der Waals surface area contributed by atoms with Crippen molar-refractivity contribution in [3.05, 3.63) is 58.1 Å². The Balaban J connectivity index is 1.96. The van der Waals surface area contributed by atoms with Crippen LogP contribution >= 0.6 is 0 Å². The predicted molar refractivity (Wildman–Crippen MR) is 80.7 cm³/mol. The first-order valence-corrected chi connectivity index (χ1v) is 7.00. The zero-order valence-electron chi connectivity index (χ0n) is 12.5. The summed E-state index contributed by atoms with van der Waals surface area (Å²) in [5, 5.41) is 0. The summed E-state index contributed by atoms with van der Waals surface area (Å²) >= 11 is 0. The first-order valence-electron chi connectivity index (χ1n) is 7.00. The van der Waals surface area contributed by atoms with E-state index in [2.05, 4.69) is 39.0 Å². The second-order valence-electron chi connectivity index (χ2n) is 5.60. The van der Waals surface area contributed by atoms with Gasteiger partial charge in [-0.05, 0) is 55.7 Å². The molecule has 0 aliphatic carbocycles. The SMILES string of the molecule is COc1ccc2c(c1)C[C@@H](c1c(C)cc(C)cc1C)O2. The van der Waals surface area contributed by atoms with E-state index < -0.39 is 0 Å². The second kappa shape index (κ2) is 4.86. The minimum atomic E-state index is 0.123. The molecule has 0 radical (unpaired) electrons. The molecule has 0 fully saturated rings. The Hall–Kier alpha value is -1.96. The number of hydrogen-bond acceptors (Lipinski definition) is 2. The van der Waals surface area contributed by atoms with Gasteiger partial charge in [0.05, 0.1) is 7.11 Å². The molecular weight excluding hydrogens is 248 g/mol. The van der Waals surface area contributed by atoms with E-state index in [1.54, 1.807) is 7.11 Å². The van der Waals surface area contributed by atoms with Crippen molar-refractivity contribution in [2.45, 2.75) is 33.3 Å². The van der Waals surface area contributed by atoms with Crippen LogP contribution in [0.15, 0.2) is 30.3 Å². The van der Waals surface area contributed by atoms with Gasteiger partial charge >= 0.3 is 0 Å². The molecule has 0 amide bonds. The zero-order valence-corrected chi connectivity index (χ0v) is 12.5. The fraction of sp³-hybridized carbons (Fsp3) is 0.333. The summed E-state index contributed by atoms with van der Waals surface area (Å²) in [4.78, 5) is 0. The summed E-state index contributed by atoms with van der Waals surface area (Å²) in [7, 11) is 1.70. The number of hydrogen-bond donors (Lipinski definition) is 0. The van der Waals surface area contributed by atoms with Gasteiger partial charge < -0.3 is 9.47 Å². The van der Waals surface area contributed by atoms with Crippen LogP contribution in [0.5, 0.6) is 11.5 Å². The third-order valence-electron chi connectivity index (χ3n) is 4.00. The first kappa shape index (κ1) is 13.0. The van der Waals surface area contributed by atoms with Gasteiger partial charge in [-0.2, -0.15) is 0 Å². The second-order valence-corrected chi connectivity index (χ2v) is 5.60. The molecule has 3 rings (SSSR count). The Labute approximate surface area is 120 Å². The van der Waals surface area contributed by atoms with Crippen molar-refractivity contribution >= 4 is 0 Å². The Kier molecular flexibility index (Phi) is 3.17. The summed E-state index contributed by atoms with van der Waals surface area (Å²) < 4.78 is 11.4. The number of methoxy groups -OCH3 is 1. The Morgan fingerprint density at radius 1 is 1.05 bits per heavy atom. The Morgan fingerprint density at radius 3 is 2.40 bits per heavy atom. The van der Waals surface area contributed by atoms with E-state index in [1.807, 2.05) is 12.1 Å². The highest BCUT2D eigenvalue weighted by molar-refractivity contribution is 5.47. The molecule has 0 bridgehead atoms. The highest BCUT2D eigenvalue weighted by Crippen LogP contribution is 2.40. The van der Waals surface area contributed by atoms with Crippen LogP contribution < -0.4 is 9.47 Å². The van der Waals surface area contributed by atoms with Crippen molar-refractivity contribution in [1.82, 2.24) is 0 Å². The van der Waals surface area contributed by atoms with E-state index in [1.165, 1.54) is 27.8 Å². The third kappa shape index (κ3) is 2.15. The molecule has 1 heterocycles. The molecule has 2 aromatic carbocycles. The summed E-state index contributed by atoms with van der Waals surface area (Å²) in [5.74, 6) is 1.88. The number of rotatable bonds is 2.